The van der Waals surface area contributed by atoms with Crippen molar-refractivity contribution in [2.24, 2.45) is 5.73 Å². The summed E-state index contributed by atoms with van der Waals surface area (Å²) in [6, 6.07) is 1.90. The van der Waals surface area contributed by atoms with Gasteiger partial charge in [0, 0.05) is 25.3 Å². The molecule has 1 amide bonds. The van der Waals surface area contributed by atoms with Crippen LogP contribution < -0.4 is 5.73 Å². The van der Waals surface area contributed by atoms with Gasteiger partial charge in [0.25, 0.3) is 5.91 Å². The first-order valence-electron chi connectivity index (χ1n) is 5.96. The third-order valence-electron chi connectivity index (χ3n) is 3.05. The summed E-state index contributed by atoms with van der Waals surface area (Å²) in [6.45, 7) is 1.01. The standard InChI is InChI=1S/C12H14F3N3O.2ClH/c13-12(14,15)10-4-3-8(6-17-10)11(19)18-5-1-2-9(16)7-18;;/h3-4,6,9H,1-2,5,7,16H2;2*1H/t9-;;/m1../s1. The van der Waals surface area contributed by atoms with Crippen LogP contribution in [-0.4, -0.2) is 34.9 Å². The Kier molecular flexibility index (Phi) is 7.43. The summed E-state index contributed by atoms with van der Waals surface area (Å²) >= 11 is 0. The first-order valence-corrected chi connectivity index (χ1v) is 5.96. The van der Waals surface area contributed by atoms with Crippen molar-refractivity contribution < 1.29 is 18.0 Å². The molecule has 1 aliphatic heterocycles. The number of aromatic nitrogens is 1. The van der Waals surface area contributed by atoms with Crippen LogP contribution in [-0.2, 0) is 6.18 Å². The molecule has 0 saturated carbocycles. The van der Waals surface area contributed by atoms with E-state index >= 15 is 0 Å². The molecule has 2 N–H and O–H groups in total. The van der Waals surface area contributed by atoms with E-state index in [-0.39, 0.29) is 42.3 Å². The van der Waals surface area contributed by atoms with Gasteiger partial charge in [-0.1, -0.05) is 0 Å². The lowest BCUT2D eigenvalue weighted by Gasteiger charge is -2.30. The lowest BCUT2D eigenvalue weighted by Crippen LogP contribution is -2.45. The molecule has 1 saturated heterocycles. The van der Waals surface area contributed by atoms with Crippen LogP contribution in [0.2, 0.25) is 0 Å². The largest absolute Gasteiger partial charge is 0.433 e. The lowest BCUT2D eigenvalue weighted by atomic mass is 10.1. The molecule has 2 rings (SSSR count). The minimum Gasteiger partial charge on any atom is -0.337 e. The number of hydrogen-bond acceptors (Lipinski definition) is 3. The summed E-state index contributed by atoms with van der Waals surface area (Å²) in [6.07, 6.45) is -1.86. The molecule has 0 aromatic carbocycles. The zero-order valence-electron chi connectivity index (χ0n) is 11.0. The molecular weight excluding hydrogens is 330 g/mol. The van der Waals surface area contributed by atoms with Crippen molar-refractivity contribution in [1.29, 1.82) is 0 Å². The number of pyridine rings is 1. The number of nitrogens with zero attached hydrogens (tertiary/aromatic N) is 2. The Morgan fingerprint density at radius 2 is 2.00 bits per heavy atom. The van der Waals surface area contributed by atoms with Gasteiger partial charge in [-0.05, 0) is 25.0 Å². The van der Waals surface area contributed by atoms with E-state index < -0.39 is 11.9 Å². The number of carbonyl (C=O) groups is 1. The van der Waals surface area contributed by atoms with E-state index in [0.29, 0.717) is 13.1 Å². The van der Waals surface area contributed by atoms with Gasteiger partial charge < -0.3 is 10.6 Å². The van der Waals surface area contributed by atoms with E-state index in [2.05, 4.69) is 4.98 Å². The number of piperidine rings is 1. The minimum absolute atomic E-state index is 0. The number of alkyl halides is 3. The molecule has 1 aliphatic rings. The van der Waals surface area contributed by atoms with Gasteiger partial charge >= 0.3 is 6.18 Å². The molecule has 2 heterocycles. The van der Waals surface area contributed by atoms with Crippen LogP contribution in [0.25, 0.3) is 0 Å². The number of amides is 1. The van der Waals surface area contributed by atoms with Crippen molar-refractivity contribution in [3.8, 4) is 0 Å². The molecule has 0 unspecified atom stereocenters. The summed E-state index contributed by atoms with van der Waals surface area (Å²) in [4.78, 5) is 16.9. The van der Waals surface area contributed by atoms with Crippen LogP contribution in [0.3, 0.4) is 0 Å². The summed E-state index contributed by atoms with van der Waals surface area (Å²) in [5.41, 5.74) is 4.92. The first kappa shape index (κ1) is 19.9. The fraction of sp³-hybridized carbons (Fsp3) is 0.500. The van der Waals surface area contributed by atoms with Crippen molar-refractivity contribution in [3.63, 3.8) is 0 Å². The smallest absolute Gasteiger partial charge is 0.337 e. The highest BCUT2D eigenvalue weighted by atomic mass is 35.5. The Labute approximate surface area is 132 Å². The van der Waals surface area contributed by atoms with Crippen molar-refractivity contribution in [2.75, 3.05) is 13.1 Å². The average molecular weight is 346 g/mol. The van der Waals surface area contributed by atoms with Crippen LogP contribution >= 0.6 is 24.8 Å². The van der Waals surface area contributed by atoms with Crippen molar-refractivity contribution >= 4 is 30.7 Å². The third-order valence-corrected chi connectivity index (χ3v) is 3.05. The van der Waals surface area contributed by atoms with Crippen LogP contribution in [0.4, 0.5) is 13.2 Å². The molecule has 4 nitrogen and oxygen atoms in total. The van der Waals surface area contributed by atoms with Crippen molar-refractivity contribution in [3.05, 3.63) is 29.6 Å². The highest BCUT2D eigenvalue weighted by molar-refractivity contribution is 5.94. The predicted molar refractivity (Wildman–Crippen MR) is 76.8 cm³/mol. The number of halogens is 5. The molecule has 0 spiro atoms. The molecular formula is C12H16Cl2F3N3O. The molecule has 0 radical (unpaired) electrons. The van der Waals surface area contributed by atoms with E-state index in [1.807, 2.05) is 0 Å². The van der Waals surface area contributed by atoms with E-state index in [4.69, 9.17) is 5.73 Å². The van der Waals surface area contributed by atoms with E-state index in [1.54, 1.807) is 4.90 Å². The SMILES string of the molecule is Cl.Cl.N[C@@H]1CCCN(C(=O)c2ccc(C(F)(F)F)nc2)C1. The van der Waals surface area contributed by atoms with Crippen molar-refractivity contribution in [1.82, 2.24) is 9.88 Å². The van der Waals surface area contributed by atoms with E-state index in [9.17, 15) is 18.0 Å². The first-order chi connectivity index (χ1) is 8.88. The van der Waals surface area contributed by atoms with Gasteiger partial charge in [0.15, 0.2) is 0 Å². The minimum atomic E-state index is -4.49. The molecule has 0 bridgehead atoms. The van der Waals surface area contributed by atoms with Crippen LogP contribution in [0.5, 0.6) is 0 Å². The van der Waals surface area contributed by atoms with Gasteiger partial charge in [-0.25, -0.2) is 0 Å². The van der Waals surface area contributed by atoms with Gasteiger partial charge in [0.2, 0.25) is 0 Å². The highest BCUT2D eigenvalue weighted by Gasteiger charge is 2.32. The Bertz CT molecular complexity index is 468. The lowest BCUT2D eigenvalue weighted by molar-refractivity contribution is -0.141. The zero-order valence-corrected chi connectivity index (χ0v) is 12.6. The molecule has 0 aliphatic carbocycles. The van der Waals surface area contributed by atoms with Gasteiger partial charge in [-0.15, -0.1) is 24.8 Å². The average Bonchev–Trinajstić information content (AvgIpc) is 2.37. The topological polar surface area (TPSA) is 59.2 Å². The second-order valence-electron chi connectivity index (χ2n) is 4.58. The second kappa shape index (κ2) is 7.82. The fourth-order valence-electron chi connectivity index (χ4n) is 2.07. The summed E-state index contributed by atoms with van der Waals surface area (Å²) in [5.74, 6) is -0.323. The van der Waals surface area contributed by atoms with Gasteiger partial charge in [-0.3, -0.25) is 9.78 Å². The van der Waals surface area contributed by atoms with E-state index in [0.717, 1.165) is 31.2 Å². The van der Waals surface area contributed by atoms with Crippen LogP contribution in [0.15, 0.2) is 18.3 Å². The van der Waals surface area contributed by atoms with E-state index in [1.165, 1.54) is 0 Å². The Hall–Kier alpha value is -1.05. The quantitative estimate of drug-likeness (QED) is 0.850. The molecule has 1 aromatic rings. The van der Waals surface area contributed by atoms with Crippen molar-refractivity contribution in [2.45, 2.75) is 25.1 Å². The normalized spacial score (nSPS) is 18.5. The zero-order chi connectivity index (χ0) is 14.0. The third kappa shape index (κ3) is 5.01. The second-order valence-corrected chi connectivity index (χ2v) is 4.58. The predicted octanol–water partition coefficient (Wildman–Crippen LogP) is 2.51. The Balaban J connectivity index is 0.00000200. The summed E-state index contributed by atoms with van der Waals surface area (Å²) in [7, 11) is 0. The molecule has 21 heavy (non-hydrogen) atoms. The number of carbonyl (C=O) groups excluding carboxylic acids is 1. The fourth-order valence-corrected chi connectivity index (χ4v) is 2.07. The maximum atomic E-state index is 12.4. The van der Waals surface area contributed by atoms with Gasteiger partial charge in [0.05, 0.1) is 5.56 Å². The molecule has 1 fully saturated rings. The molecule has 1 atom stereocenters. The molecule has 120 valence electrons. The molecule has 9 heteroatoms. The number of rotatable bonds is 1. The molecule has 1 aromatic heterocycles. The maximum Gasteiger partial charge on any atom is 0.433 e. The maximum absolute atomic E-state index is 12.4. The monoisotopic (exact) mass is 345 g/mol. The summed E-state index contributed by atoms with van der Waals surface area (Å²) < 4.78 is 37.1. The number of hydrogen-bond donors (Lipinski definition) is 1. The Morgan fingerprint density at radius 3 is 2.48 bits per heavy atom. The number of nitrogens with two attached hydrogens (primary N) is 1. The van der Waals surface area contributed by atoms with Crippen LogP contribution in [0, 0.1) is 0 Å². The highest BCUT2D eigenvalue weighted by Crippen LogP contribution is 2.27. The Morgan fingerprint density at radius 1 is 1.33 bits per heavy atom. The van der Waals surface area contributed by atoms with Gasteiger partial charge in [-0.2, -0.15) is 13.2 Å². The summed E-state index contributed by atoms with van der Waals surface area (Å²) in [5, 5.41) is 0. The number of likely N-dealkylation sites (tertiary alicyclic amines) is 1. The van der Waals surface area contributed by atoms with Crippen LogP contribution in [0.1, 0.15) is 28.9 Å². The van der Waals surface area contributed by atoms with Gasteiger partial charge in [0.1, 0.15) is 5.69 Å².